The number of nitrogens with two attached hydrogens (primary N) is 1. The molecule has 0 radical (unpaired) electrons. The maximum Gasteiger partial charge on any atom is 0.404 e. The zero-order valence-corrected chi connectivity index (χ0v) is 8.18. The van der Waals surface area contributed by atoms with E-state index in [1.54, 1.807) is 6.07 Å². The second kappa shape index (κ2) is 4.75. The van der Waals surface area contributed by atoms with Crippen molar-refractivity contribution in [1.82, 2.24) is 0 Å². The van der Waals surface area contributed by atoms with Gasteiger partial charge in [0.25, 0.3) is 0 Å². The van der Waals surface area contributed by atoms with Gasteiger partial charge in [-0.05, 0) is 13.0 Å². The minimum absolute atomic E-state index is 0.0752. The van der Waals surface area contributed by atoms with Crippen LogP contribution < -0.4 is 5.73 Å². The Morgan fingerprint density at radius 1 is 1.53 bits per heavy atom. The number of ether oxygens (including phenoxy) is 1. The largest absolute Gasteiger partial charge is 0.444 e. The van der Waals surface area contributed by atoms with Gasteiger partial charge < -0.3 is 15.6 Å². The number of carbonyl (C=O) groups excluding carboxylic acids is 1. The summed E-state index contributed by atoms with van der Waals surface area (Å²) in [7, 11) is 0. The van der Waals surface area contributed by atoms with Gasteiger partial charge in [0.15, 0.2) is 0 Å². The Morgan fingerprint density at radius 2 is 2.13 bits per heavy atom. The van der Waals surface area contributed by atoms with Crippen LogP contribution in [0.1, 0.15) is 18.6 Å². The number of hydrogen-bond donors (Lipinski definition) is 2. The van der Waals surface area contributed by atoms with Gasteiger partial charge in [0.2, 0.25) is 0 Å². The van der Waals surface area contributed by atoms with Crippen molar-refractivity contribution in [3.63, 3.8) is 0 Å². The molecular formula is C10H12FNO3. The predicted octanol–water partition coefficient (Wildman–Crippen LogP) is 1.34. The van der Waals surface area contributed by atoms with Crippen LogP contribution in [0, 0.1) is 5.82 Å². The molecule has 1 aromatic rings. The van der Waals surface area contributed by atoms with Gasteiger partial charge in [-0.15, -0.1) is 0 Å². The van der Waals surface area contributed by atoms with E-state index in [4.69, 9.17) is 5.73 Å². The molecule has 0 heterocycles. The Hall–Kier alpha value is -1.62. The fourth-order valence-electron chi connectivity index (χ4n) is 1.22. The van der Waals surface area contributed by atoms with Crippen LogP contribution in [0.3, 0.4) is 0 Å². The molecule has 0 aliphatic heterocycles. The molecule has 0 spiro atoms. The molecule has 3 N–H and O–H groups in total. The minimum Gasteiger partial charge on any atom is -0.444 e. The second-order valence-corrected chi connectivity index (χ2v) is 3.11. The molecule has 0 aliphatic rings. The van der Waals surface area contributed by atoms with Crippen LogP contribution in [0.4, 0.5) is 9.18 Å². The zero-order valence-electron chi connectivity index (χ0n) is 8.18. The van der Waals surface area contributed by atoms with E-state index in [9.17, 15) is 14.3 Å². The van der Waals surface area contributed by atoms with Crippen molar-refractivity contribution in [3.05, 3.63) is 35.6 Å². The highest BCUT2D eigenvalue weighted by Gasteiger charge is 2.21. The van der Waals surface area contributed by atoms with Crippen molar-refractivity contribution >= 4 is 6.09 Å². The number of carbonyl (C=O) groups is 1. The molecule has 2 unspecified atom stereocenters. The number of benzene rings is 1. The van der Waals surface area contributed by atoms with Gasteiger partial charge in [-0.25, -0.2) is 9.18 Å². The third-order valence-corrected chi connectivity index (χ3v) is 1.97. The number of rotatable bonds is 3. The summed E-state index contributed by atoms with van der Waals surface area (Å²) in [6, 6.07) is 5.72. The quantitative estimate of drug-likeness (QED) is 0.795. The molecule has 15 heavy (non-hydrogen) atoms. The van der Waals surface area contributed by atoms with Gasteiger partial charge in [0, 0.05) is 5.56 Å². The highest BCUT2D eigenvalue weighted by Crippen LogP contribution is 2.21. The lowest BCUT2D eigenvalue weighted by molar-refractivity contribution is 0.0140. The molecule has 0 bridgehead atoms. The maximum absolute atomic E-state index is 13.2. The zero-order chi connectivity index (χ0) is 11.4. The van der Waals surface area contributed by atoms with Gasteiger partial charge in [-0.2, -0.15) is 0 Å². The molecule has 1 aromatic carbocycles. The topological polar surface area (TPSA) is 72.5 Å². The summed E-state index contributed by atoms with van der Waals surface area (Å²) in [5.41, 5.74) is 4.86. The van der Waals surface area contributed by atoms with Crippen molar-refractivity contribution in [2.45, 2.75) is 19.1 Å². The number of aliphatic hydroxyl groups excluding tert-OH is 1. The van der Waals surface area contributed by atoms with E-state index in [1.807, 2.05) is 0 Å². The van der Waals surface area contributed by atoms with Crippen LogP contribution in [0.25, 0.3) is 0 Å². The monoisotopic (exact) mass is 213 g/mol. The van der Waals surface area contributed by atoms with Gasteiger partial charge in [-0.1, -0.05) is 18.2 Å². The Balaban J connectivity index is 2.80. The van der Waals surface area contributed by atoms with Crippen LogP contribution in [-0.2, 0) is 4.74 Å². The van der Waals surface area contributed by atoms with E-state index in [1.165, 1.54) is 25.1 Å². The molecule has 2 atom stereocenters. The van der Waals surface area contributed by atoms with Gasteiger partial charge in [0.1, 0.15) is 18.0 Å². The van der Waals surface area contributed by atoms with Gasteiger partial charge in [-0.3, -0.25) is 0 Å². The molecule has 0 aliphatic carbocycles. The van der Waals surface area contributed by atoms with E-state index in [2.05, 4.69) is 4.74 Å². The fourth-order valence-corrected chi connectivity index (χ4v) is 1.22. The Labute approximate surface area is 86.5 Å². The summed E-state index contributed by atoms with van der Waals surface area (Å²) in [5, 5.41) is 9.65. The Bertz CT molecular complexity index is 356. The van der Waals surface area contributed by atoms with E-state index in [0.29, 0.717) is 0 Å². The average molecular weight is 213 g/mol. The lowest BCUT2D eigenvalue weighted by Gasteiger charge is -2.18. The van der Waals surface area contributed by atoms with Gasteiger partial charge in [0.05, 0.1) is 0 Å². The summed E-state index contributed by atoms with van der Waals surface area (Å²) >= 11 is 0. The number of primary amides is 1. The maximum atomic E-state index is 13.2. The molecule has 0 saturated carbocycles. The standard InChI is InChI=1S/C10H12FNO3/c1-6(15-10(12)14)9(13)7-4-2-3-5-8(7)11/h2-6,9,13H,1H3,(H2,12,14). The minimum atomic E-state index is -1.22. The first-order valence-electron chi connectivity index (χ1n) is 4.41. The first-order chi connectivity index (χ1) is 7.02. The van der Waals surface area contributed by atoms with Crippen molar-refractivity contribution < 1.29 is 19.0 Å². The third-order valence-electron chi connectivity index (χ3n) is 1.97. The molecule has 0 aromatic heterocycles. The first-order valence-corrected chi connectivity index (χ1v) is 4.41. The number of aliphatic hydroxyl groups is 1. The van der Waals surface area contributed by atoms with Crippen LogP contribution in [0.15, 0.2) is 24.3 Å². The van der Waals surface area contributed by atoms with Crippen LogP contribution >= 0.6 is 0 Å². The molecule has 1 amide bonds. The number of halogens is 1. The van der Waals surface area contributed by atoms with Crippen molar-refractivity contribution in [1.29, 1.82) is 0 Å². The molecule has 4 nitrogen and oxygen atoms in total. The molecule has 0 saturated heterocycles. The predicted molar refractivity (Wildman–Crippen MR) is 51.5 cm³/mol. The lowest BCUT2D eigenvalue weighted by atomic mass is 10.1. The summed E-state index contributed by atoms with van der Waals surface area (Å²) in [4.78, 5) is 10.4. The smallest absolute Gasteiger partial charge is 0.404 e. The molecule has 0 fully saturated rings. The highest BCUT2D eigenvalue weighted by molar-refractivity contribution is 5.64. The first kappa shape index (κ1) is 11.5. The lowest BCUT2D eigenvalue weighted by Crippen LogP contribution is -2.26. The highest BCUT2D eigenvalue weighted by atomic mass is 19.1. The Morgan fingerprint density at radius 3 is 2.67 bits per heavy atom. The third kappa shape index (κ3) is 2.92. The van der Waals surface area contributed by atoms with Crippen LogP contribution in [0.2, 0.25) is 0 Å². The van der Waals surface area contributed by atoms with E-state index in [0.717, 1.165) is 0 Å². The van der Waals surface area contributed by atoms with E-state index < -0.39 is 24.1 Å². The van der Waals surface area contributed by atoms with Crippen molar-refractivity contribution in [2.75, 3.05) is 0 Å². The molecule has 82 valence electrons. The van der Waals surface area contributed by atoms with E-state index >= 15 is 0 Å². The average Bonchev–Trinajstić information content (AvgIpc) is 2.16. The van der Waals surface area contributed by atoms with E-state index in [-0.39, 0.29) is 5.56 Å². The van der Waals surface area contributed by atoms with Crippen molar-refractivity contribution in [2.24, 2.45) is 5.73 Å². The van der Waals surface area contributed by atoms with Gasteiger partial charge >= 0.3 is 6.09 Å². The molecular weight excluding hydrogens is 201 g/mol. The number of amides is 1. The molecule has 1 rings (SSSR count). The summed E-state index contributed by atoms with van der Waals surface area (Å²) < 4.78 is 17.7. The second-order valence-electron chi connectivity index (χ2n) is 3.11. The van der Waals surface area contributed by atoms with Crippen LogP contribution in [0.5, 0.6) is 0 Å². The summed E-state index contributed by atoms with van der Waals surface area (Å²) in [5.74, 6) is -0.551. The van der Waals surface area contributed by atoms with Crippen LogP contribution in [-0.4, -0.2) is 17.3 Å². The fraction of sp³-hybridized carbons (Fsp3) is 0.300. The summed E-state index contributed by atoms with van der Waals surface area (Å²) in [6.07, 6.45) is -3.11. The SMILES string of the molecule is CC(OC(N)=O)C(O)c1ccccc1F. The Kier molecular flexibility index (Phi) is 3.62. The number of hydrogen-bond acceptors (Lipinski definition) is 3. The molecule has 5 heteroatoms. The normalized spacial score (nSPS) is 14.3. The van der Waals surface area contributed by atoms with Crippen molar-refractivity contribution in [3.8, 4) is 0 Å². The summed E-state index contributed by atoms with van der Waals surface area (Å²) in [6.45, 7) is 1.43.